The molecule has 0 saturated heterocycles. The summed E-state index contributed by atoms with van der Waals surface area (Å²) in [6, 6.07) is 5.11. The molecule has 4 nitrogen and oxygen atoms in total. The van der Waals surface area contributed by atoms with Crippen LogP contribution in [0.15, 0.2) is 24.3 Å². The van der Waals surface area contributed by atoms with E-state index >= 15 is 0 Å². The monoisotopic (exact) mass is 206 g/mol. The first-order valence-electron chi connectivity index (χ1n) is 4.47. The Hall–Kier alpha value is -1.97. The minimum absolute atomic E-state index is 0.259. The molecule has 0 amide bonds. The van der Waals surface area contributed by atoms with Crippen LogP contribution in [0.4, 0.5) is 0 Å². The summed E-state index contributed by atoms with van der Waals surface area (Å²) >= 11 is 0. The quantitative estimate of drug-likeness (QED) is 0.797. The van der Waals surface area contributed by atoms with Gasteiger partial charge in [-0.15, -0.1) is 0 Å². The Morgan fingerprint density at radius 1 is 1.53 bits per heavy atom. The van der Waals surface area contributed by atoms with Crippen molar-refractivity contribution in [2.75, 3.05) is 13.7 Å². The number of methoxy groups -OCH3 is 1. The molecule has 0 aliphatic carbocycles. The molecule has 1 aromatic rings. The summed E-state index contributed by atoms with van der Waals surface area (Å²) in [6.45, 7) is 0.293. The maximum Gasteiger partial charge on any atom is 0.336 e. The molecule has 0 radical (unpaired) electrons. The van der Waals surface area contributed by atoms with Gasteiger partial charge in [0.25, 0.3) is 0 Å². The molecule has 0 bridgehead atoms. The van der Waals surface area contributed by atoms with Gasteiger partial charge in [-0.1, -0.05) is 0 Å². The lowest BCUT2D eigenvalue weighted by Crippen LogP contribution is -2.10. The number of carbonyl (C=O) groups is 1. The van der Waals surface area contributed by atoms with Crippen molar-refractivity contribution < 1.29 is 19.4 Å². The highest BCUT2D eigenvalue weighted by molar-refractivity contribution is 6.16. The number of benzene rings is 1. The first-order valence-corrected chi connectivity index (χ1v) is 4.47. The van der Waals surface area contributed by atoms with Gasteiger partial charge in [-0.05, 0) is 24.3 Å². The molecular formula is C11H10O4. The maximum atomic E-state index is 11.0. The van der Waals surface area contributed by atoms with Crippen LogP contribution in [0.3, 0.4) is 0 Å². The summed E-state index contributed by atoms with van der Waals surface area (Å²) in [5, 5.41) is 8.98. The second-order valence-electron chi connectivity index (χ2n) is 3.10. The number of carboxylic acids is 1. The van der Waals surface area contributed by atoms with Crippen molar-refractivity contribution in [2.45, 2.75) is 0 Å². The molecule has 1 heterocycles. The summed E-state index contributed by atoms with van der Waals surface area (Å²) in [5.41, 5.74) is 0.822. The highest BCUT2D eigenvalue weighted by Gasteiger charge is 2.19. The van der Waals surface area contributed by atoms with Gasteiger partial charge in [-0.3, -0.25) is 0 Å². The molecule has 4 heteroatoms. The van der Waals surface area contributed by atoms with Gasteiger partial charge in [0.05, 0.1) is 12.7 Å². The van der Waals surface area contributed by atoms with Crippen LogP contribution in [-0.2, 0) is 4.79 Å². The fourth-order valence-electron chi connectivity index (χ4n) is 1.50. The van der Waals surface area contributed by atoms with E-state index in [1.807, 2.05) is 0 Å². The predicted octanol–water partition coefficient (Wildman–Crippen LogP) is 1.56. The van der Waals surface area contributed by atoms with Crippen LogP contribution >= 0.6 is 0 Å². The normalized spacial score (nSPS) is 13.5. The molecule has 78 valence electrons. The third-order valence-corrected chi connectivity index (χ3v) is 2.23. The fourth-order valence-corrected chi connectivity index (χ4v) is 1.50. The Bertz CT molecular complexity index is 434. The Balaban J connectivity index is 2.52. The van der Waals surface area contributed by atoms with Crippen LogP contribution in [0.25, 0.3) is 5.57 Å². The number of rotatable bonds is 2. The van der Waals surface area contributed by atoms with Crippen LogP contribution in [-0.4, -0.2) is 24.8 Å². The predicted molar refractivity (Wildman–Crippen MR) is 54.1 cm³/mol. The zero-order valence-electron chi connectivity index (χ0n) is 8.19. The van der Waals surface area contributed by atoms with Crippen LogP contribution < -0.4 is 9.47 Å². The number of aliphatic carboxylic acids is 1. The van der Waals surface area contributed by atoms with Gasteiger partial charge in [0.15, 0.2) is 0 Å². The van der Waals surface area contributed by atoms with E-state index in [1.165, 1.54) is 7.11 Å². The van der Waals surface area contributed by atoms with E-state index in [1.54, 1.807) is 24.3 Å². The highest BCUT2D eigenvalue weighted by Crippen LogP contribution is 2.32. The van der Waals surface area contributed by atoms with Gasteiger partial charge in [-0.2, -0.15) is 0 Å². The highest BCUT2D eigenvalue weighted by atomic mass is 16.5. The van der Waals surface area contributed by atoms with E-state index in [4.69, 9.17) is 14.6 Å². The van der Waals surface area contributed by atoms with Gasteiger partial charge in [0.1, 0.15) is 18.1 Å². The van der Waals surface area contributed by atoms with E-state index < -0.39 is 5.97 Å². The van der Waals surface area contributed by atoms with Crippen LogP contribution in [0, 0.1) is 0 Å². The van der Waals surface area contributed by atoms with Crippen LogP contribution in [0.1, 0.15) is 5.56 Å². The first kappa shape index (κ1) is 9.58. The molecule has 2 rings (SSSR count). The molecule has 1 aliphatic heterocycles. The molecule has 0 fully saturated rings. The second kappa shape index (κ2) is 3.65. The van der Waals surface area contributed by atoms with Crippen LogP contribution in [0.5, 0.6) is 11.5 Å². The van der Waals surface area contributed by atoms with Crippen molar-refractivity contribution >= 4 is 11.5 Å². The summed E-state index contributed by atoms with van der Waals surface area (Å²) in [4.78, 5) is 11.0. The average molecular weight is 206 g/mol. The maximum absolute atomic E-state index is 11.0. The molecule has 0 unspecified atom stereocenters. The Kier molecular flexibility index (Phi) is 2.33. The summed E-state index contributed by atoms with van der Waals surface area (Å²) in [6.07, 6.45) is 1.55. The van der Waals surface area contributed by atoms with Gasteiger partial charge >= 0.3 is 5.97 Å². The van der Waals surface area contributed by atoms with E-state index in [0.717, 1.165) is 0 Å². The molecule has 1 N–H and O–H groups in total. The molecule has 0 atom stereocenters. The first-order chi connectivity index (χ1) is 7.22. The Morgan fingerprint density at radius 3 is 3.00 bits per heavy atom. The molecule has 1 aromatic carbocycles. The zero-order chi connectivity index (χ0) is 10.8. The van der Waals surface area contributed by atoms with Crippen LogP contribution in [0.2, 0.25) is 0 Å². The Morgan fingerprint density at radius 2 is 2.33 bits per heavy atom. The van der Waals surface area contributed by atoms with E-state index in [2.05, 4.69) is 0 Å². The van der Waals surface area contributed by atoms with E-state index in [9.17, 15) is 4.79 Å². The molecule has 1 aliphatic rings. The number of hydrogen-bond acceptors (Lipinski definition) is 3. The Labute approximate surface area is 86.7 Å². The lowest BCUT2D eigenvalue weighted by atomic mass is 10.0. The summed E-state index contributed by atoms with van der Waals surface area (Å²) in [7, 11) is 1.54. The van der Waals surface area contributed by atoms with Crippen molar-refractivity contribution in [1.82, 2.24) is 0 Å². The largest absolute Gasteiger partial charge is 0.497 e. The lowest BCUT2D eigenvalue weighted by Gasteiger charge is -2.16. The minimum Gasteiger partial charge on any atom is -0.497 e. The average Bonchev–Trinajstić information content (AvgIpc) is 2.27. The summed E-state index contributed by atoms with van der Waals surface area (Å²) in [5.74, 6) is 0.245. The van der Waals surface area contributed by atoms with Gasteiger partial charge in [-0.25, -0.2) is 4.79 Å². The van der Waals surface area contributed by atoms with Crippen molar-refractivity contribution in [3.05, 3.63) is 29.8 Å². The van der Waals surface area contributed by atoms with Gasteiger partial charge < -0.3 is 14.6 Å². The molecular weight excluding hydrogens is 196 g/mol. The molecule has 0 spiro atoms. The smallest absolute Gasteiger partial charge is 0.336 e. The number of fused-ring (bicyclic) bond motifs is 1. The van der Waals surface area contributed by atoms with E-state index in [0.29, 0.717) is 23.7 Å². The number of carboxylic acid groups (broad SMARTS) is 1. The minimum atomic E-state index is -0.951. The van der Waals surface area contributed by atoms with Gasteiger partial charge in [0.2, 0.25) is 0 Å². The molecule has 0 saturated carbocycles. The lowest BCUT2D eigenvalue weighted by molar-refractivity contribution is -0.130. The van der Waals surface area contributed by atoms with Crippen molar-refractivity contribution in [1.29, 1.82) is 0 Å². The fraction of sp³-hybridized carbons (Fsp3) is 0.182. The third-order valence-electron chi connectivity index (χ3n) is 2.23. The van der Waals surface area contributed by atoms with Crippen molar-refractivity contribution in [3.8, 4) is 11.5 Å². The SMILES string of the molecule is COc1ccc2c(c1)C(C(=O)O)=CCO2. The number of hydrogen-bond donors (Lipinski definition) is 1. The summed E-state index contributed by atoms with van der Waals surface area (Å²) < 4.78 is 10.3. The number of ether oxygens (including phenoxy) is 2. The standard InChI is InChI=1S/C11H10O4/c1-14-7-2-3-10-9(6-7)8(11(12)13)4-5-15-10/h2-4,6H,5H2,1H3,(H,12,13). The third kappa shape index (κ3) is 1.66. The van der Waals surface area contributed by atoms with Crippen molar-refractivity contribution in [2.24, 2.45) is 0 Å². The molecule has 0 aromatic heterocycles. The van der Waals surface area contributed by atoms with Crippen molar-refractivity contribution in [3.63, 3.8) is 0 Å². The molecule has 15 heavy (non-hydrogen) atoms. The van der Waals surface area contributed by atoms with E-state index in [-0.39, 0.29) is 5.57 Å². The zero-order valence-corrected chi connectivity index (χ0v) is 8.19. The topological polar surface area (TPSA) is 55.8 Å². The second-order valence-corrected chi connectivity index (χ2v) is 3.10. The van der Waals surface area contributed by atoms with Gasteiger partial charge in [0, 0.05) is 5.56 Å².